The molecule has 3 unspecified atom stereocenters. The van der Waals surface area contributed by atoms with Crippen LogP contribution in [0.2, 0.25) is 0 Å². The summed E-state index contributed by atoms with van der Waals surface area (Å²) in [6.07, 6.45) is 5.04. The monoisotopic (exact) mass is 309 g/mol. The quantitative estimate of drug-likeness (QED) is 0.624. The number of rotatable bonds is 5. The van der Waals surface area contributed by atoms with Crippen molar-refractivity contribution in [1.82, 2.24) is 5.32 Å². The summed E-state index contributed by atoms with van der Waals surface area (Å²) < 4.78 is 17.9. The molecule has 0 radical (unpaired) electrons. The van der Waals surface area contributed by atoms with Gasteiger partial charge in [0.05, 0.1) is 18.2 Å². The molecular formula is C17H27NO4. The number of carbonyl (C=O) groups excluding carboxylic acids is 1. The second-order valence-corrected chi connectivity index (χ2v) is 7.30. The standard InChI is InChI=1S/C17H27NO4/c1-11(19)7-8-18-13-9-12(10-20-16(2,3)4)14-15(13)22-17(5,6)21-14/h7-9,13-15,18H,10H2,1-6H3/b8-7-. The Morgan fingerprint density at radius 3 is 2.68 bits per heavy atom. The minimum atomic E-state index is -0.610. The van der Waals surface area contributed by atoms with E-state index in [1.807, 2.05) is 34.6 Å². The summed E-state index contributed by atoms with van der Waals surface area (Å²) >= 11 is 0. The molecule has 2 aliphatic rings. The second-order valence-electron chi connectivity index (χ2n) is 7.30. The number of hydrogen-bond acceptors (Lipinski definition) is 5. The molecule has 0 amide bonds. The fourth-order valence-corrected chi connectivity index (χ4v) is 2.61. The van der Waals surface area contributed by atoms with Gasteiger partial charge in [-0.2, -0.15) is 0 Å². The van der Waals surface area contributed by atoms with Gasteiger partial charge < -0.3 is 19.5 Å². The molecule has 5 heteroatoms. The van der Waals surface area contributed by atoms with Gasteiger partial charge in [-0.3, -0.25) is 4.79 Å². The number of nitrogens with one attached hydrogen (secondary N) is 1. The van der Waals surface area contributed by atoms with E-state index in [2.05, 4.69) is 11.4 Å². The Morgan fingerprint density at radius 2 is 2.09 bits per heavy atom. The van der Waals surface area contributed by atoms with E-state index in [0.29, 0.717) is 6.61 Å². The Kier molecular flexibility index (Phi) is 4.80. The maximum Gasteiger partial charge on any atom is 0.164 e. The topological polar surface area (TPSA) is 56.8 Å². The third-order valence-corrected chi connectivity index (χ3v) is 3.52. The number of hydrogen-bond donors (Lipinski definition) is 1. The zero-order valence-electron chi connectivity index (χ0n) is 14.3. The summed E-state index contributed by atoms with van der Waals surface area (Å²) in [6, 6.07) is -0.0269. The summed E-state index contributed by atoms with van der Waals surface area (Å²) in [7, 11) is 0. The second kappa shape index (κ2) is 6.14. The molecule has 2 rings (SSSR count). The van der Waals surface area contributed by atoms with Crippen LogP contribution in [0.1, 0.15) is 41.5 Å². The Balaban J connectivity index is 2.08. The number of ether oxygens (including phenoxy) is 3. The lowest BCUT2D eigenvalue weighted by atomic mass is 10.1. The van der Waals surface area contributed by atoms with Crippen molar-refractivity contribution in [3.05, 3.63) is 23.9 Å². The van der Waals surface area contributed by atoms with E-state index in [1.54, 1.807) is 6.20 Å². The summed E-state index contributed by atoms with van der Waals surface area (Å²) in [5, 5.41) is 3.21. The van der Waals surface area contributed by atoms with Gasteiger partial charge in [-0.25, -0.2) is 0 Å². The molecule has 0 bridgehead atoms. The number of fused-ring (bicyclic) bond motifs is 1. The number of ketones is 1. The predicted octanol–water partition coefficient (Wildman–Crippen LogP) is 2.32. The molecule has 5 nitrogen and oxygen atoms in total. The molecule has 0 aromatic rings. The molecule has 0 aromatic heterocycles. The first-order valence-electron chi connectivity index (χ1n) is 7.71. The van der Waals surface area contributed by atoms with Crippen LogP contribution in [0, 0.1) is 0 Å². The predicted molar refractivity (Wildman–Crippen MR) is 84.4 cm³/mol. The Labute approximate surface area is 132 Å². The molecule has 3 atom stereocenters. The first kappa shape index (κ1) is 17.2. The van der Waals surface area contributed by atoms with Crippen LogP contribution in [0.25, 0.3) is 0 Å². The Hall–Kier alpha value is -1.17. The van der Waals surface area contributed by atoms with E-state index in [0.717, 1.165) is 5.57 Å². The van der Waals surface area contributed by atoms with Crippen LogP contribution in [-0.4, -0.2) is 42.0 Å². The van der Waals surface area contributed by atoms with E-state index < -0.39 is 5.79 Å². The van der Waals surface area contributed by atoms with Crippen LogP contribution >= 0.6 is 0 Å². The van der Waals surface area contributed by atoms with E-state index in [9.17, 15) is 4.79 Å². The van der Waals surface area contributed by atoms with Crippen LogP contribution in [-0.2, 0) is 19.0 Å². The van der Waals surface area contributed by atoms with Gasteiger partial charge in [0.2, 0.25) is 0 Å². The molecule has 124 valence electrons. The normalized spacial score (nSPS) is 30.5. The molecule has 22 heavy (non-hydrogen) atoms. The molecule has 1 N–H and O–H groups in total. The van der Waals surface area contributed by atoms with Crippen LogP contribution < -0.4 is 5.32 Å². The molecule has 0 saturated carbocycles. The lowest BCUT2D eigenvalue weighted by Gasteiger charge is -2.22. The van der Waals surface area contributed by atoms with Crippen LogP contribution in [0.4, 0.5) is 0 Å². The maximum absolute atomic E-state index is 11.0. The summed E-state index contributed by atoms with van der Waals surface area (Å²) in [5.41, 5.74) is 0.880. The van der Waals surface area contributed by atoms with Gasteiger partial charge in [0.15, 0.2) is 11.6 Å². The SMILES string of the molecule is CC(=O)/C=C\NC1C=C(COC(C)(C)C)C2OC(C)(C)OC12. The Bertz CT molecular complexity index is 487. The van der Waals surface area contributed by atoms with E-state index in [1.165, 1.54) is 13.0 Å². The lowest BCUT2D eigenvalue weighted by Crippen LogP contribution is -2.38. The molecule has 0 aromatic carbocycles. The fraction of sp³-hybridized carbons (Fsp3) is 0.706. The van der Waals surface area contributed by atoms with Crippen molar-refractivity contribution in [2.75, 3.05) is 6.61 Å². The van der Waals surface area contributed by atoms with Gasteiger partial charge in [0.25, 0.3) is 0 Å². The molecule has 1 saturated heterocycles. The van der Waals surface area contributed by atoms with Crippen molar-refractivity contribution in [2.24, 2.45) is 0 Å². The van der Waals surface area contributed by atoms with Crippen LogP contribution in [0.3, 0.4) is 0 Å². The number of allylic oxidation sites excluding steroid dienone is 1. The van der Waals surface area contributed by atoms with Crippen LogP contribution in [0.15, 0.2) is 23.9 Å². The van der Waals surface area contributed by atoms with Gasteiger partial charge in [-0.15, -0.1) is 0 Å². The highest BCUT2D eigenvalue weighted by atomic mass is 16.8. The van der Waals surface area contributed by atoms with Gasteiger partial charge in [0, 0.05) is 6.20 Å². The Morgan fingerprint density at radius 1 is 1.41 bits per heavy atom. The summed E-state index contributed by atoms with van der Waals surface area (Å²) in [5.74, 6) is -0.605. The minimum Gasteiger partial charge on any atom is -0.382 e. The van der Waals surface area contributed by atoms with Gasteiger partial charge in [0.1, 0.15) is 12.2 Å². The molecule has 1 aliphatic carbocycles. The summed E-state index contributed by atoms with van der Waals surface area (Å²) in [6.45, 7) is 11.9. The minimum absolute atomic E-state index is 0.00577. The highest BCUT2D eigenvalue weighted by Crippen LogP contribution is 2.38. The average molecular weight is 309 g/mol. The molecule has 0 spiro atoms. The van der Waals surface area contributed by atoms with Crippen molar-refractivity contribution in [3.8, 4) is 0 Å². The fourth-order valence-electron chi connectivity index (χ4n) is 2.61. The third-order valence-electron chi connectivity index (χ3n) is 3.52. The smallest absolute Gasteiger partial charge is 0.164 e. The largest absolute Gasteiger partial charge is 0.382 e. The summed E-state index contributed by atoms with van der Waals surface area (Å²) in [4.78, 5) is 11.0. The van der Waals surface area contributed by atoms with E-state index >= 15 is 0 Å². The van der Waals surface area contributed by atoms with E-state index in [-0.39, 0.29) is 29.6 Å². The molecule has 1 heterocycles. The lowest BCUT2D eigenvalue weighted by molar-refractivity contribution is -0.147. The van der Waals surface area contributed by atoms with Gasteiger partial charge in [-0.1, -0.05) is 6.08 Å². The van der Waals surface area contributed by atoms with Crippen molar-refractivity contribution < 1.29 is 19.0 Å². The van der Waals surface area contributed by atoms with Gasteiger partial charge in [-0.05, 0) is 53.2 Å². The third kappa shape index (κ3) is 4.41. The zero-order valence-corrected chi connectivity index (χ0v) is 14.3. The molecular weight excluding hydrogens is 282 g/mol. The highest BCUT2D eigenvalue weighted by molar-refractivity contribution is 5.87. The highest BCUT2D eigenvalue weighted by Gasteiger charge is 2.49. The van der Waals surface area contributed by atoms with Gasteiger partial charge >= 0.3 is 0 Å². The van der Waals surface area contributed by atoms with Crippen molar-refractivity contribution in [2.45, 2.75) is 71.2 Å². The molecule has 1 aliphatic heterocycles. The zero-order chi connectivity index (χ0) is 16.5. The number of carbonyl (C=O) groups is 1. The van der Waals surface area contributed by atoms with Crippen LogP contribution in [0.5, 0.6) is 0 Å². The first-order valence-corrected chi connectivity index (χ1v) is 7.71. The maximum atomic E-state index is 11.0. The van der Waals surface area contributed by atoms with E-state index in [4.69, 9.17) is 14.2 Å². The average Bonchev–Trinajstić information content (AvgIpc) is 2.80. The first-order chi connectivity index (χ1) is 10.1. The van der Waals surface area contributed by atoms with Crippen molar-refractivity contribution in [3.63, 3.8) is 0 Å². The van der Waals surface area contributed by atoms with Crippen molar-refractivity contribution in [1.29, 1.82) is 0 Å². The molecule has 1 fully saturated rings. The van der Waals surface area contributed by atoms with Crippen molar-refractivity contribution >= 4 is 5.78 Å².